The van der Waals surface area contributed by atoms with Gasteiger partial charge in [0, 0.05) is 18.6 Å². The maximum absolute atomic E-state index is 5.77. The second-order valence-corrected chi connectivity index (χ2v) is 6.28. The van der Waals surface area contributed by atoms with Gasteiger partial charge in [-0.25, -0.2) is 0 Å². The Morgan fingerprint density at radius 1 is 1.28 bits per heavy atom. The number of hydrogen-bond acceptors (Lipinski definition) is 2. The molecule has 0 radical (unpaired) electrons. The number of rotatable bonds is 11. The highest BCUT2D eigenvalue weighted by molar-refractivity contribution is 7.80. The Kier molecular flexibility index (Phi) is 9.66. The molecule has 0 aromatic carbocycles. The van der Waals surface area contributed by atoms with Gasteiger partial charge < -0.3 is 10.5 Å². The molecular weight excluding hydrogens is 242 g/mol. The summed E-state index contributed by atoms with van der Waals surface area (Å²) in [6.07, 6.45) is 7.15. The van der Waals surface area contributed by atoms with Crippen molar-refractivity contribution in [2.75, 3.05) is 13.2 Å². The summed E-state index contributed by atoms with van der Waals surface area (Å²) in [5.74, 6) is 0.730. The first-order valence-corrected chi connectivity index (χ1v) is 7.72. The highest BCUT2D eigenvalue weighted by atomic mass is 32.1. The first-order valence-electron chi connectivity index (χ1n) is 7.31. The van der Waals surface area contributed by atoms with Crippen LogP contribution in [0.3, 0.4) is 0 Å². The van der Waals surface area contributed by atoms with Gasteiger partial charge in [-0.15, -0.1) is 0 Å². The molecule has 0 aliphatic heterocycles. The maximum atomic E-state index is 5.77. The first-order chi connectivity index (χ1) is 8.44. The minimum atomic E-state index is -0.0366. The van der Waals surface area contributed by atoms with E-state index in [4.69, 9.17) is 22.7 Å². The van der Waals surface area contributed by atoms with Crippen LogP contribution in [-0.2, 0) is 4.74 Å². The molecule has 0 rings (SSSR count). The van der Waals surface area contributed by atoms with Crippen molar-refractivity contribution in [2.45, 2.75) is 66.2 Å². The lowest BCUT2D eigenvalue weighted by Crippen LogP contribution is -2.29. The normalized spacial score (nSPS) is 13.6. The van der Waals surface area contributed by atoms with E-state index < -0.39 is 0 Å². The molecule has 1 atom stereocenters. The van der Waals surface area contributed by atoms with E-state index in [1.807, 2.05) is 0 Å². The third-order valence-electron chi connectivity index (χ3n) is 3.65. The zero-order chi connectivity index (χ0) is 14.0. The Morgan fingerprint density at radius 3 is 2.44 bits per heavy atom. The van der Waals surface area contributed by atoms with E-state index in [-0.39, 0.29) is 5.41 Å². The van der Waals surface area contributed by atoms with Crippen LogP contribution in [0.15, 0.2) is 0 Å². The summed E-state index contributed by atoms with van der Waals surface area (Å²) in [5, 5.41) is 0. The Morgan fingerprint density at radius 2 is 1.94 bits per heavy atom. The van der Waals surface area contributed by atoms with Gasteiger partial charge in [0.05, 0.1) is 4.99 Å². The van der Waals surface area contributed by atoms with Crippen molar-refractivity contribution in [3.05, 3.63) is 0 Å². The highest BCUT2D eigenvalue weighted by Crippen LogP contribution is 2.22. The summed E-state index contributed by atoms with van der Waals surface area (Å²) >= 11 is 5.05. The van der Waals surface area contributed by atoms with Gasteiger partial charge in [-0.05, 0) is 25.2 Å². The minimum Gasteiger partial charge on any atom is -0.393 e. The van der Waals surface area contributed by atoms with Crippen LogP contribution in [0.4, 0.5) is 0 Å². The molecule has 0 amide bonds. The van der Waals surface area contributed by atoms with Crippen molar-refractivity contribution in [3.8, 4) is 0 Å². The summed E-state index contributed by atoms with van der Waals surface area (Å²) < 4.78 is 5.77. The Labute approximate surface area is 119 Å². The van der Waals surface area contributed by atoms with E-state index in [1.165, 1.54) is 25.7 Å². The molecule has 0 bridgehead atoms. The zero-order valence-electron chi connectivity index (χ0n) is 12.6. The molecule has 108 valence electrons. The molecule has 0 spiro atoms. The molecule has 2 nitrogen and oxygen atoms in total. The molecule has 0 aromatic rings. The van der Waals surface area contributed by atoms with E-state index in [9.17, 15) is 0 Å². The van der Waals surface area contributed by atoms with Crippen LogP contribution in [0.5, 0.6) is 0 Å². The van der Waals surface area contributed by atoms with Crippen LogP contribution in [0.25, 0.3) is 0 Å². The quantitative estimate of drug-likeness (QED) is 0.450. The maximum Gasteiger partial charge on any atom is 0.0784 e. The van der Waals surface area contributed by atoms with Gasteiger partial charge in [0.25, 0.3) is 0 Å². The van der Waals surface area contributed by atoms with E-state index >= 15 is 0 Å². The number of nitrogens with two attached hydrogens (primary N) is 1. The first kappa shape index (κ1) is 17.8. The molecule has 0 saturated heterocycles. The van der Waals surface area contributed by atoms with Crippen molar-refractivity contribution in [1.29, 1.82) is 0 Å². The molecule has 0 saturated carbocycles. The molecule has 1 unspecified atom stereocenters. The fourth-order valence-electron chi connectivity index (χ4n) is 1.89. The predicted octanol–water partition coefficient (Wildman–Crippen LogP) is 4.31. The van der Waals surface area contributed by atoms with Crippen LogP contribution in [0.1, 0.15) is 66.2 Å². The predicted molar refractivity (Wildman–Crippen MR) is 83.9 cm³/mol. The number of ether oxygens (including phenoxy) is 1. The van der Waals surface area contributed by atoms with E-state index in [0.29, 0.717) is 4.99 Å². The van der Waals surface area contributed by atoms with Gasteiger partial charge in [0.1, 0.15) is 0 Å². The average molecular weight is 273 g/mol. The van der Waals surface area contributed by atoms with Crippen LogP contribution >= 0.6 is 12.2 Å². The molecule has 18 heavy (non-hydrogen) atoms. The van der Waals surface area contributed by atoms with Gasteiger partial charge >= 0.3 is 0 Å². The third-order valence-corrected chi connectivity index (χ3v) is 4.21. The molecule has 0 aliphatic carbocycles. The molecule has 0 aromatic heterocycles. The van der Waals surface area contributed by atoms with E-state index in [2.05, 4.69) is 27.7 Å². The number of thiocarbonyl (C=S) groups is 1. The van der Waals surface area contributed by atoms with Gasteiger partial charge in [-0.3, -0.25) is 0 Å². The van der Waals surface area contributed by atoms with Crippen molar-refractivity contribution >= 4 is 17.2 Å². The average Bonchev–Trinajstić information content (AvgIpc) is 2.32. The zero-order valence-corrected chi connectivity index (χ0v) is 13.4. The monoisotopic (exact) mass is 273 g/mol. The van der Waals surface area contributed by atoms with Crippen LogP contribution in [0, 0.1) is 11.3 Å². The van der Waals surface area contributed by atoms with Crippen molar-refractivity contribution in [1.82, 2.24) is 0 Å². The second kappa shape index (κ2) is 9.74. The molecular formula is C15H31NOS. The summed E-state index contributed by atoms with van der Waals surface area (Å²) in [4.78, 5) is 0.608. The summed E-state index contributed by atoms with van der Waals surface area (Å²) in [6.45, 7) is 10.4. The third kappa shape index (κ3) is 8.04. The summed E-state index contributed by atoms with van der Waals surface area (Å²) in [7, 11) is 0. The molecule has 2 N–H and O–H groups in total. The van der Waals surface area contributed by atoms with Crippen LogP contribution in [-0.4, -0.2) is 18.2 Å². The lowest BCUT2D eigenvalue weighted by molar-refractivity contribution is 0.0880. The smallest absolute Gasteiger partial charge is 0.0784 e. The van der Waals surface area contributed by atoms with Gasteiger partial charge in [0.15, 0.2) is 0 Å². The highest BCUT2D eigenvalue weighted by Gasteiger charge is 2.20. The Bertz CT molecular complexity index is 229. The second-order valence-electron chi connectivity index (χ2n) is 5.84. The number of unbranched alkanes of at least 4 members (excludes halogenated alkanes) is 1. The van der Waals surface area contributed by atoms with Crippen molar-refractivity contribution < 1.29 is 4.74 Å². The molecule has 0 aliphatic rings. The summed E-state index contributed by atoms with van der Waals surface area (Å²) in [6, 6.07) is 0. The van der Waals surface area contributed by atoms with Gasteiger partial charge in [-0.2, -0.15) is 0 Å². The van der Waals surface area contributed by atoms with Gasteiger partial charge in [0.2, 0.25) is 0 Å². The van der Waals surface area contributed by atoms with Gasteiger partial charge in [-0.1, -0.05) is 59.2 Å². The molecule has 0 fully saturated rings. The lowest BCUT2D eigenvalue weighted by atomic mass is 9.88. The Hall–Kier alpha value is -0.150. The fraction of sp³-hybridized carbons (Fsp3) is 0.933. The fourth-order valence-corrected chi connectivity index (χ4v) is 1.99. The standard InChI is InChI=1S/C15H31NOS/c1-5-7-9-13(6-2)12-17-11-8-10-15(3,4)14(16)18/h13H,5-12H2,1-4H3,(H2,16,18). The minimum absolute atomic E-state index is 0.0366. The van der Waals surface area contributed by atoms with Crippen LogP contribution in [0.2, 0.25) is 0 Å². The number of hydrogen-bond donors (Lipinski definition) is 1. The Balaban J connectivity index is 3.63. The topological polar surface area (TPSA) is 35.2 Å². The largest absolute Gasteiger partial charge is 0.393 e. The summed E-state index contributed by atoms with van der Waals surface area (Å²) in [5.41, 5.74) is 5.66. The lowest BCUT2D eigenvalue weighted by Gasteiger charge is -2.23. The van der Waals surface area contributed by atoms with Crippen molar-refractivity contribution in [3.63, 3.8) is 0 Å². The van der Waals surface area contributed by atoms with Crippen molar-refractivity contribution in [2.24, 2.45) is 17.1 Å². The SMILES string of the molecule is CCCCC(CC)COCCCC(C)(C)C(N)=S. The van der Waals surface area contributed by atoms with Crippen LogP contribution < -0.4 is 5.73 Å². The van der Waals surface area contributed by atoms with E-state index in [0.717, 1.165) is 32.0 Å². The van der Waals surface area contributed by atoms with E-state index in [1.54, 1.807) is 0 Å². The molecule has 3 heteroatoms. The molecule has 0 heterocycles.